The van der Waals surface area contributed by atoms with Gasteiger partial charge in [0.15, 0.2) is 0 Å². The number of carbonyl (C=O) groups excluding carboxylic acids is 3. The molecule has 1 N–H and O–H groups in total. The Hall–Kier alpha value is -2.95. The number of fused-ring (bicyclic) bond motifs is 1. The Labute approximate surface area is 127 Å². The van der Waals surface area contributed by atoms with Crippen molar-refractivity contribution < 1.29 is 14.4 Å². The summed E-state index contributed by atoms with van der Waals surface area (Å²) in [4.78, 5) is 36.8. The van der Waals surface area contributed by atoms with E-state index in [4.69, 9.17) is 0 Å². The minimum Gasteiger partial charge on any atom is -0.308 e. The van der Waals surface area contributed by atoms with Crippen LogP contribution in [0.25, 0.3) is 0 Å². The number of benzene rings is 2. The van der Waals surface area contributed by atoms with Crippen molar-refractivity contribution in [1.29, 1.82) is 0 Å². The lowest BCUT2D eigenvalue weighted by molar-refractivity contribution is -0.116. The molecule has 110 valence electrons. The molecule has 0 saturated heterocycles. The third-order valence-corrected chi connectivity index (χ3v) is 3.59. The third-order valence-electron chi connectivity index (χ3n) is 3.59. The van der Waals surface area contributed by atoms with Gasteiger partial charge in [-0.25, -0.2) is 0 Å². The van der Waals surface area contributed by atoms with E-state index in [1.54, 1.807) is 23.1 Å². The molecule has 2 aromatic carbocycles. The Morgan fingerprint density at radius 2 is 1.68 bits per heavy atom. The third kappa shape index (κ3) is 2.48. The molecule has 3 amide bonds. The number of anilines is 1. The van der Waals surface area contributed by atoms with Crippen LogP contribution in [0.4, 0.5) is 5.69 Å². The second kappa shape index (κ2) is 5.44. The monoisotopic (exact) mass is 294 g/mol. The van der Waals surface area contributed by atoms with E-state index in [9.17, 15) is 14.4 Å². The van der Waals surface area contributed by atoms with Gasteiger partial charge >= 0.3 is 0 Å². The molecule has 3 rings (SSSR count). The zero-order chi connectivity index (χ0) is 15.7. The second-order valence-corrected chi connectivity index (χ2v) is 5.10. The highest BCUT2D eigenvalue weighted by molar-refractivity contribution is 6.22. The summed E-state index contributed by atoms with van der Waals surface area (Å²) in [6, 6.07) is 14.4. The molecule has 0 atom stereocenters. The minimum atomic E-state index is -0.426. The van der Waals surface area contributed by atoms with Crippen LogP contribution in [0.1, 0.15) is 33.2 Å². The van der Waals surface area contributed by atoms with Crippen molar-refractivity contribution >= 4 is 23.4 Å². The standard InChI is InChI=1S/C17H14N2O3/c1-11(20)19(10-12-5-3-2-4-6-12)13-7-8-14-15(9-13)17(22)18-16(14)21/h2-9H,10H2,1H3,(H,18,21,22). The first-order chi connectivity index (χ1) is 10.6. The van der Waals surface area contributed by atoms with Gasteiger partial charge in [0.05, 0.1) is 17.7 Å². The van der Waals surface area contributed by atoms with Gasteiger partial charge in [-0.05, 0) is 23.8 Å². The summed E-state index contributed by atoms with van der Waals surface area (Å²) in [5.74, 6) is -0.956. The molecule has 0 spiro atoms. The number of hydrogen-bond donors (Lipinski definition) is 1. The summed E-state index contributed by atoms with van der Waals surface area (Å²) in [6.07, 6.45) is 0. The van der Waals surface area contributed by atoms with Crippen molar-refractivity contribution in [1.82, 2.24) is 5.32 Å². The number of hydrogen-bond acceptors (Lipinski definition) is 3. The van der Waals surface area contributed by atoms with Crippen LogP contribution in [0, 0.1) is 0 Å². The summed E-state index contributed by atoms with van der Waals surface area (Å²) in [5, 5.41) is 2.25. The minimum absolute atomic E-state index is 0.131. The van der Waals surface area contributed by atoms with E-state index in [-0.39, 0.29) is 5.91 Å². The first-order valence-corrected chi connectivity index (χ1v) is 6.88. The number of nitrogens with one attached hydrogen (secondary N) is 1. The number of amides is 3. The van der Waals surface area contributed by atoms with Crippen molar-refractivity contribution in [2.45, 2.75) is 13.5 Å². The quantitative estimate of drug-likeness (QED) is 0.882. The maximum absolute atomic E-state index is 12.0. The molecular weight excluding hydrogens is 280 g/mol. The number of imide groups is 1. The van der Waals surface area contributed by atoms with Crippen LogP contribution >= 0.6 is 0 Å². The van der Waals surface area contributed by atoms with E-state index in [2.05, 4.69) is 5.32 Å². The Morgan fingerprint density at radius 3 is 2.36 bits per heavy atom. The van der Waals surface area contributed by atoms with Crippen LogP contribution < -0.4 is 10.2 Å². The molecule has 5 heteroatoms. The van der Waals surface area contributed by atoms with Gasteiger partial charge in [-0.1, -0.05) is 30.3 Å². The number of carbonyl (C=O) groups is 3. The van der Waals surface area contributed by atoms with E-state index >= 15 is 0 Å². The highest BCUT2D eigenvalue weighted by atomic mass is 16.2. The van der Waals surface area contributed by atoms with Gasteiger partial charge in [-0.3, -0.25) is 19.7 Å². The van der Waals surface area contributed by atoms with E-state index in [1.165, 1.54) is 6.92 Å². The Bertz CT molecular complexity index is 769. The van der Waals surface area contributed by atoms with Crippen LogP contribution in [0.3, 0.4) is 0 Å². The normalized spacial score (nSPS) is 12.8. The van der Waals surface area contributed by atoms with E-state index in [1.807, 2.05) is 30.3 Å². The lowest BCUT2D eigenvalue weighted by atomic mass is 10.1. The molecule has 0 saturated carbocycles. The smallest absolute Gasteiger partial charge is 0.259 e. The van der Waals surface area contributed by atoms with Crippen LogP contribution in [0.15, 0.2) is 48.5 Å². The summed E-state index contributed by atoms with van der Waals surface area (Å²) in [7, 11) is 0. The van der Waals surface area contributed by atoms with Crippen molar-refractivity contribution in [3.05, 3.63) is 65.2 Å². The van der Waals surface area contributed by atoms with Crippen molar-refractivity contribution in [2.75, 3.05) is 4.90 Å². The topological polar surface area (TPSA) is 66.5 Å². The molecule has 1 heterocycles. The Kier molecular flexibility index (Phi) is 3.47. The maximum Gasteiger partial charge on any atom is 0.259 e. The van der Waals surface area contributed by atoms with Gasteiger partial charge in [-0.15, -0.1) is 0 Å². The Morgan fingerprint density at radius 1 is 1.00 bits per heavy atom. The van der Waals surface area contributed by atoms with E-state index < -0.39 is 11.8 Å². The predicted molar refractivity (Wildman–Crippen MR) is 81.5 cm³/mol. The first kappa shape index (κ1) is 14.0. The Balaban J connectivity index is 1.96. The van der Waals surface area contributed by atoms with Gasteiger partial charge < -0.3 is 4.90 Å². The molecule has 1 aliphatic heterocycles. The molecule has 22 heavy (non-hydrogen) atoms. The lowest BCUT2D eigenvalue weighted by Gasteiger charge is -2.21. The fourth-order valence-corrected chi connectivity index (χ4v) is 2.47. The maximum atomic E-state index is 12.0. The van der Waals surface area contributed by atoms with Crippen LogP contribution in [0.5, 0.6) is 0 Å². The summed E-state index contributed by atoms with van der Waals surface area (Å²) >= 11 is 0. The van der Waals surface area contributed by atoms with Crippen LogP contribution in [-0.2, 0) is 11.3 Å². The summed E-state index contributed by atoms with van der Waals surface area (Å²) in [5.41, 5.74) is 2.23. The first-order valence-electron chi connectivity index (χ1n) is 6.88. The molecule has 2 aromatic rings. The van der Waals surface area contributed by atoms with Crippen molar-refractivity contribution in [3.8, 4) is 0 Å². The summed E-state index contributed by atoms with van der Waals surface area (Å²) in [6.45, 7) is 1.88. The SMILES string of the molecule is CC(=O)N(Cc1ccccc1)c1ccc2c(c1)C(=O)NC2=O. The van der Waals surface area contributed by atoms with Gasteiger partial charge in [0.25, 0.3) is 11.8 Å². The predicted octanol–water partition coefficient (Wildman–Crippen LogP) is 2.12. The van der Waals surface area contributed by atoms with Crippen LogP contribution in [0.2, 0.25) is 0 Å². The highest BCUT2D eigenvalue weighted by Crippen LogP contribution is 2.24. The zero-order valence-electron chi connectivity index (χ0n) is 12.0. The van der Waals surface area contributed by atoms with E-state index in [0.717, 1.165) is 5.56 Å². The van der Waals surface area contributed by atoms with Gasteiger partial charge in [0, 0.05) is 12.6 Å². The van der Waals surface area contributed by atoms with Gasteiger partial charge in [0.1, 0.15) is 0 Å². The fourth-order valence-electron chi connectivity index (χ4n) is 2.47. The molecule has 5 nitrogen and oxygen atoms in total. The highest BCUT2D eigenvalue weighted by Gasteiger charge is 2.27. The molecule has 0 bridgehead atoms. The number of rotatable bonds is 3. The molecule has 1 aliphatic rings. The molecule has 0 fully saturated rings. The fraction of sp³-hybridized carbons (Fsp3) is 0.118. The van der Waals surface area contributed by atoms with Crippen molar-refractivity contribution in [3.63, 3.8) is 0 Å². The number of nitrogens with zero attached hydrogens (tertiary/aromatic N) is 1. The van der Waals surface area contributed by atoms with Gasteiger partial charge in [0.2, 0.25) is 5.91 Å². The molecule has 0 aromatic heterocycles. The average molecular weight is 294 g/mol. The van der Waals surface area contributed by atoms with Crippen molar-refractivity contribution in [2.24, 2.45) is 0 Å². The molecule has 0 radical (unpaired) electrons. The van der Waals surface area contributed by atoms with Gasteiger partial charge in [-0.2, -0.15) is 0 Å². The van der Waals surface area contributed by atoms with E-state index in [0.29, 0.717) is 23.4 Å². The lowest BCUT2D eigenvalue weighted by Crippen LogP contribution is -2.28. The zero-order valence-corrected chi connectivity index (χ0v) is 12.0. The molecule has 0 unspecified atom stereocenters. The molecule has 0 aliphatic carbocycles. The average Bonchev–Trinajstić information content (AvgIpc) is 2.80. The second-order valence-electron chi connectivity index (χ2n) is 5.10. The largest absolute Gasteiger partial charge is 0.308 e. The summed E-state index contributed by atoms with van der Waals surface area (Å²) < 4.78 is 0. The van der Waals surface area contributed by atoms with Crippen LogP contribution in [-0.4, -0.2) is 17.7 Å². The molecular formula is C17H14N2O3.